The first kappa shape index (κ1) is 6.38. The molecule has 0 saturated heterocycles. The molecule has 0 radical (unpaired) electrons. The van der Waals surface area contributed by atoms with Crippen molar-refractivity contribution in [1.82, 2.24) is 0 Å². The fourth-order valence-corrected chi connectivity index (χ4v) is 0.871. The van der Waals surface area contributed by atoms with Gasteiger partial charge in [0.15, 0.2) is 0 Å². The average Bonchev–Trinajstić information content (AvgIpc) is 2.37. The van der Waals surface area contributed by atoms with Crippen LogP contribution in [0.4, 0.5) is 0 Å². The third-order valence-electron chi connectivity index (χ3n) is 1.77. The first-order valence-corrected chi connectivity index (χ1v) is 3.48. The molecular weight excluding hydrogens is 108 g/mol. The normalized spacial score (nSPS) is 18.2. The third kappa shape index (κ3) is 1.34. The van der Waals surface area contributed by atoms with Gasteiger partial charge in [-0.1, -0.05) is 26.0 Å². The van der Waals surface area contributed by atoms with Crippen molar-refractivity contribution < 1.29 is 0 Å². The maximum atomic E-state index is 3.19. The van der Waals surface area contributed by atoms with E-state index in [0.29, 0.717) is 5.92 Å². The Kier molecular flexibility index (Phi) is 1.92. The van der Waals surface area contributed by atoms with Gasteiger partial charge in [0.05, 0.1) is 0 Å². The predicted octanol–water partition coefficient (Wildman–Crippen LogP) is 2.68. The summed E-state index contributed by atoms with van der Waals surface area (Å²) >= 11 is 0. The van der Waals surface area contributed by atoms with E-state index >= 15 is 0 Å². The molecule has 0 nitrogen and oxygen atoms in total. The Morgan fingerprint density at radius 2 is 2.44 bits per heavy atom. The van der Waals surface area contributed by atoms with Gasteiger partial charge in [-0.25, -0.2) is 0 Å². The lowest BCUT2D eigenvalue weighted by Crippen LogP contribution is -1.91. The minimum Gasteiger partial charge on any atom is -0.117 e. The highest BCUT2D eigenvalue weighted by Gasteiger charge is 2.02. The lowest BCUT2D eigenvalue weighted by atomic mass is 10.0. The molecule has 1 rings (SSSR count). The van der Waals surface area contributed by atoms with Crippen LogP contribution in [0, 0.1) is 5.92 Å². The first-order valence-electron chi connectivity index (χ1n) is 3.48. The second-order valence-electron chi connectivity index (χ2n) is 2.43. The van der Waals surface area contributed by atoms with Gasteiger partial charge >= 0.3 is 0 Å². The van der Waals surface area contributed by atoms with Crippen molar-refractivity contribution >= 4 is 0 Å². The van der Waals surface area contributed by atoms with Gasteiger partial charge in [-0.15, -0.1) is 5.73 Å². The molecule has 0 fully saturated rings. The first-order chi connectivity index (χ1) is 4.34. The molecule has 0 aliphatic heterocycles. The van der Waals surface area contributed by atoms with E-state index < -0.39 is 0 Å². The molecule has 0 heterocycles. The molecule has 0 spiro atoms. The van der Waals surface area contributed by atoms with Crippen molar-refractivity contribution in [3.05, 3.63) is 29.5 Å². The third-order valence-corrected chi connectivity index (χ3v) is 1.77. The van der Waals surface area contributed by atoms with Crippen LogP contribution in [0.3, 0.4) is 0 Å². The molecule has 0 heteroatoms. The molecule has 0 N–H and O–H groups in total. The van der Waals surface area contributed by atoms with Crippen LogP contribution in [0.1, 0.15) is 20.3 Å². The van der Waals surface area contributed by atoms with Gasteiger partial charge in [-0.2, -0.15) is 0 Å². The summed E-state index contributed by atoms with van der Waals surface area (Å²) in [6.07, 6.45) is 7.36. The number of allylic oxidation sites excluding steroid dienone is 3. The minimum atomic E-state index is 0.681. The zero-order chi connectivity index (χ0) is 6.69. The zero-order valence-corrected chi connectivity index (χ0v) is 6.02. The Bertz CT molecular complexity index is 178. The topological polar surface area (TPSA) is 0 Å². The van der Waals surface area contributed by atoms with Crippen molar-refractivity contribution in [3.8, 4) is 0 Å². The van der Waals surface area contributed by atoms with Crippen molar-refractivity contribution in [2.24, 2.45) is 5.92 Å². The summed E-state index contributed by atoms with van der Waals surface area (Å²) < 4.78 is 0. The fraction of sp³-hybridized carbons (Fsp3) is 0.444. The smallest absolute Gasteiger partial charge is 0.00320 e. The maximum Gasteiger partial charge on any atom is -0.00320 e. The highest BCUT2D eigenvalue weighted by atomic mass is 14.1. The molecule has 48 valence electrons. The van der Waals surface area contributed by atoms with Crippen LogP contribution in [-0.4, -0.2) is 0 Å². The van der Waals surface area contributed by atoms with Crippen molar-refractivity contribution in [3.63, 3.8) is 0 Å². The average molecular weight is 120 g/mol. The SMILES string of the molecule is CCC(C)C1=C=CC=C1. The van der Waals surface area contributed by atoms with Crippen LogP contribution in [-0.2, 0) is 0 Å². The number of hydrogen-bond donors (Lipinski definition) is 0. The van der Waals surface area contributed by atoms with Crippen LogP contribution < -0.4 is 0 Å². The molecule has 1 unspecified atom stereocenters. The Morgan fingerprint density at radius 1 is 1.67 bits per heavy atom. The highest BCUT2D eigenvalue weighted by molar-refractivity contribution is 5.30. The van der Waals surface area contributed by atoms with E-state index in [1.807, 2.05) is 12.2 Å². The van der Waals surface area contributed by atoms with E-state index in [2.05, 4.69) is 25.7 Å². The van der Waals surface area contributed by atoms with Crippen molar-refractivity contribution in [2.75, 3.05) is 0 Å². The quantitative estimate of drug-likeness (QED) is 0.491. The summed E-state index contributed by atoms with van der Waals surface area (Å²) in [7, 11) is 0. The van der Waals surface area contributed by atoms with Gasteiger partial charge in [-0.05, 0) is 24.0 Å². The fourth-order valence-electron chi connectivity index (χ4n) is 0.871. The second-order valence-corrected chi connectivity index (χ2v) is 2.43. The van der Waals surface area contributed by atoms with Gasteiger partial charge in [0, 0.05) is 0 Å². The molecular formula is C9H12. The zero-order valence-electron chi connectivity index (χ0n) is 6.02. The summed E-state index contributed by atoms with van der Waals surface area (Å²) in [5, 5.41) is 0. The molecule has 0 aromatic carbocycles. The van der Waals surface area contributed by atoms with Crippen molar-refractivity contribution in [2.45, 2.75) is 20.3 Å². The molecule has 9 heavy (non-hydrogen) atoms. The molecule has 0 bridgehead atoms. The van der Waals surface area contributed by atoms with E-state index in [9.17, 15) is 0 Å². The van der Waals surface area contributed by atoms with E-state index in [-0.39, 0.29) is 0 Å². The molecule has 1 aliphatic carbocycles. The Morgan fingerprint density at radius 3 is 2.89 bits per heavy atom. The lowest BCUT2D eigenvalue weighted by Gasteiger charge is -2.03. The summed E-state index contributed by atoms with van der Waals surface area (Å²) in [6, 6.07) is 0. The number of hydrogen-bond acceptors (Lipinski definition) is 0. The summed E-state index contributed by atoms with van der Waals surface area (Å²) in [5.74, 6) is 0.681. The molecule has 1 aliphatic rings. The lowest BCUT2D eigenvalue weighted by molar-refractivity contribution is 0.673. The molecule has 0 amide bonds. The summed E-state index contributed by atoms with van der Waals surface area (Å²) in [6.45, 7) is 4.43. The summed E-state index contributed by atoms with van der Waals surface area (Å²) in [4.78, 5) is 0. The Balaban J connectivity index is 2.63. The molecule has 0 saturated carbocycles. The molecule has 1 atom stereocenters. The standard InChI is InChI=1S/C9H12/c1-3-8(2)9-6-4-5-7-9/h4-6,8H,3H2,1-2H3. The van der Waals surface area contributed by atoms with Crippen LogP contribution in [0.5, 0.6) is 0 Å². The van der Waals surface area contributed by atoms with Crippen LogP contribution in [0.25, 0.3) is 0 Å². The monoisotopic (exact) mass is 120 g/mol. The maximum absolute atomic E-state index is 3.19. The Labute approximate surface area is 56.6 Å². The van der Waals surface area contributed by atoms with Gasteiger partial charge in [0.2, 0.25) is 0 Å². The van der Waals surface area contributed by atoms with E-state index in [0.717, 1.165) is 0 Å². The second kappa shape index (κ2) is 2.70. The largest absolute Gasteiger partial charge is 0.117 e. The molecule has 0 aromatic rings. The summed E-state index contributed by atoms with van der Waals surface area (Å²) in [5.41, 5.74) is 4.53. The van der Waals surface area contributed by atoms with E-state index in [4.69, 9.17) is 0 Å². The number of rotatable bonds is 2. The van der Waals surface area contributed by atoms with Gasteiger partial charge < -0.3 is 0 Å². The van der Waals surface area contributed by atoms with Crippen molar-refractivity contribution in [1.29, 1.82) is 0 Å². The van der Waals surface area contributed by atoms with Gasteiger partial charge in [0.25, 0.3) is 0 Å². The predicted molar refractivity (Wildman–Crippen MR) is 40.2 cm³/mol. The van der Waals surface area contributed by atoms with Crippen LogP contribution >= 0.6 is 0 Å². The minimum absolute atomic E-state index is 0.681. The van der Waals surface area contributed by atoms with E-state index in [1.54, 1.807) is 0 Å². The van der Waals surface area contributed by atoms with Crippen LogP contribution in [0.15, 0.2) is 29.5 Å². The van der Waals surface area contributed by atoms with Gasteiger partial charge in [-0.3, -0.25) is 0 Å². The van der Waals surface area contributed by atoms with Gasteiger partial charge in [0.1, 0.15) is 0 Å². The Hall–Kier alpha value is -0.740. The molecule has 0 aromatic heterocycles. The van der Waals surface area contributed by atoms with E-state index in [1.165, 1.54) is 12.0 Å². The highest BCUT2D eigenvalue weighted by Crippen LogP contribution is 2.16. The van der Waals surface area contributed by atoms with Crippen LogP contribution in [0.2, 0.25) is 0 Å².